The predicted octanol–water partition coefficient (Wildman–Crippen LogP) is 4.57. The number of nitrogens with zero attached hydrogens (tertiary/aromatic N) is 2. The van der Waals surface area contributed by atoms with Crippen LogP contribution in [0.4, 0.5) is 24.0 Å². The van der Waals surface area contributed by atoms with Gasteiger partial charge in [-0.15, -0.1) is 23.1 Å². The summed E-state index contributed by atoms with van der Waals surface area (Å²) in [5.74, 6) is -1.54. The Balaban J connectivity index is 1.67. The van der Waals surface area contributed by atoms with Crippen LogP contribution in [-0.4, -0.2) is 27.5 Å². The summed E-state index contributed by atoms with van der Waals surface area (Å²) >= 11 is 1.90. The molecule has 0 aliphatic heterocycles. The molecule has 0 atom stereocenters. The van der Waals surface area contributed by atoms with Crippen molar-refractivity contribution >= 4 is 45.7 Å². The largest absolute Gasteiger partial charge is 0.416 e. The molecule has 3 rings (SSSR count). The van der Waals surface area contributed by atoms with Crippen LogP contribution in [0.25, 0.3) is 11.3 Å². The second kappa shape index (κ2) is 9.36. The average molecular weight is 482 g/mol. The Morgan fingerprint density at radius 3 is 2.62 bits per heavy atom. The van der Waals surface area contributed by atoms with Gasteiger partial charge in [-0.1, -0.05) is 12.1 Å². The molecule has 2 aromatic carbocycles. The zero-order valence-corrected chi connectivity index (χ0v) is 17.5. The Labute approximate surface area is 186 Å². The minimum atomic E-state index is -4.49. The van der Waals surface area contributed by atoms with Gasteiger partial charge in [0, 0.05) is 22.6 Å². The molecule has 0 aliphatic rings. The van der Waals surface area contributed by atoms with Crippen LogP contribution in [0.5, 0.6) is 0 Å². The van der Waals surface area contributed by atoms with Gasteiger partial charge >= 0.3 is 6.18 Å². The lowest BCUT2D eigenvalue weighted by molar-refractivity contribution is -0.387. The maximum absolute atomic E-state index is 12.9. The van der Waals surface area contributed by atoms with Gasteiger partial charge in [0.05, 0.1) is 26.8 Å². The molecule has 0 saturated heterocycles. The van der Waals surface area contributed by atoms with Crippen molar-refractivity contribution in [1.29, 1.82) is 0 Å². The average Bonchev–Trinajstić information content (AvgIpc) is 3.20. The fourth-order valence-electron chi connectivity index (χ4n) is 2.55. The summed E-state index contributed by atoms with van der Waals surface area (Å²) in [6, 6.07) is 8.33. The summed E-state index contributed by atoms with van der Waals surface area (Å²) in [5, 5.41) is 15.4. The molecule has 0 unspecified atom stereocenters. The first-order valence-electron chi connectivity index (χ1n) is 8.68. The molecular weight excluding hydrogens is 469 g/mol. The summed E-state index contributed by atoms with van der Waals surface area (Å²) < 4.78 is 38.6. The van der Waals surface area contributed by atoms with E-state index in [4.69, 9.17) is 5.73 Å². The third-order valence-corrected chi connectivity index (χ3v) is 5.86. The van der Waals surface area contributed by atoms with Crippen molar-refractivity contribution in [1.82, 2.24) is 4.98 Å². The number of benzene rings is 2. The normalized spacial score (nSPS) is 11.2. The molecule has 0 bridgehead atoms. The molecule has 32 heavy (non-hydrogen) atoms. The number of carbonyl (C=O) groups excluding carboxylic acids is 2. The predicted molar refractivity (Wildman–Crippen MR) is 114 cm³/mol. The first-order chi connectivity index (χ1) is 15.0. The molecule has 0 radical (unpaired) electrons. The molecule has 3 aromatic rings. The number of anilines is 1. The van der Waals surface area contributed by atoms with Crippen molar-refractivity contribution in [2.75, 3.05) is 11.1 Å². The van der Waals surface area contributed by atoms with Crippen LogP contribution >= 0.6 is 23.1 Å². The number of rotatable bonds is 7. The van der Waals surface area contributed by atoms with Crippen LogP contribution in [0.3, 0.4) is 0 Å². The first-order valence-corrected chi connectivity index (χ1v) is 10.5. The molecule has 0 aliphatic carbocycles. The van der Waals surface area contributed by atoms with E-state index in [-0.39, 0.29) is 38.3 Å². The highest BCUT2D eigenvalue weighted by Gasteiger charge is 2.30. The third-order valence-electron chi connectivity index (χ3n) is 4.04. The number of alkyl halides is 3. The highest BCUT2D eigenvalue weighted by molar-refractivity contribution is 8.00. The zero-order chi connectivity index (χ0) is 23.5. The van der Waals surface area contributed by atoms with Crippen molar-refractivity contribution in [2.45, 2.75) is 11.1 Å². The summed E-state index contributed by atoms with van der Waals surface area (Å²) in [6.45, 7) is 0. The number of aromatic nitrogens is 1. The number of halogens is 3. The highest BCUT2D eigenvalue weighted by Crippen LogP contribution is 2.33. The third kappa shape index (κ3) is 5.62. The van der Waals surface area contributed by atoms with Crippen LogP contribution in [0.15, 0.2) is 52.7 Å². The number of carbonyl (C=O) groups is 2. The van der Waals surface area contributed by atoms with Gasteiger partial charge in [-0.05, 0) is 24.3 Å². The number of hydrogen-bond donors (Lipinski definition) is 2. The van der Waals surface area contributed by atoms with Crippen LogP contribution < -0.4 is 11.1 Å². The van der Waals surface area contributed by atoms with Gasteiger partial charge in [0.1, 0.15) is 0 Å². The van der Waals surface area contributed by atoms with Crippen molar-refractivity contribution in [3.05, 3.63) is 69.1 Å². The molecule has 1 heterocycles. The van der Waals surface area contributed by atoms with Gasteiger partial charge in [-0.3, -0.25) is 19.7 Å². The Kier molecular flexibility index (Phi) is 6.79. The van der Waals surface area contributed by atoms with E-state index in [9.17, 15) is 32.9 Å². The maximum Gasteiger partial charge on any atom is 0.416 e. The lowest BCUT2D eigenvalue weighted by atomic mass is 10.1. The standard InChI is InChI=1S/C19H13F3N4O4S2/c20-19(21,22)12-3-1-2-10(6-12)13-8-32-18(24-13)25-16(27)9-31-15-5-4-11(17(23)28)7-14(15)26(29)30/h1-8H,9H2,(H2,23,28)(H,24,25,27). The summed E-state index contributed by atoms with van der Waals surface area (Å²) in [6.07, 6.45) is -4.49. The fourth-order valence-corrected chi connectivity index (χ4v) is 4.09. The van der Waals surface area contributed by atoms with Gasteiger partial charge < -0.3 is 11.1 Å². The quantitative estimate of drug-likeness (QED) is 0.288. The topological polar surface area (TPSA) is 128 Å². The van der Waals surface area contributed by atoms with Crippen molar-refractivity contribution in [2.24, 2.45) is 5.73 Å². The van der Waals surface area contributed by atoms with E-state index in [1.807, 2.05) is 0 Å². The van der Waals surface area contributed by atoms with E-state index >= 15 is 0 Å². The Hall–Kier alpha value is -3.45. The van der Waals surface area contributed by atoms with Crippen LogP contribution in [0.2, 0.25) is 0 Å². The monoisotopic (exact) mass is 482 g/mol. The molecular formula is C19H13F3N4O4S2. The van der Waals surface area contributed by atoms with Crippen LogP contribution in [-0.2, 0) is 11.0 Å². The molecule has 3 N–H and O–H groups in total. The van der Waals surface area contributed by atoms with Gasteiger partial charge in [-0.2, -0.15) is 13.2 Å². The number of hydrogen-bond acceptors (Lipinski definition) is 7. The minimum absolute atomic E-state index is 0.0320. The van der Waals surface area contributed by atoms with Gasteiger partial charge in [0.25, 0.3) is 5.69 Å². The van der Waals surface area contributed by atoms with E-state index in [0.717, 1.165) is 41.3 Å². The van der Waals surface area contributed by atoms with Gasteiger partial charge in [-0.25, -0.2) is 4.98 Å². The lowest BCUT2D eigenvalue weighted by Crippen LogP contribution is -2.14. The molecule has 13 heteroatoms. The van der Waals surface area contributed by atoms with E-state index in [2.05, 4.69) is 10.3 Å². The first kappa shape index (κ1) is 23.2. The number of thioether (sulfide) groups is 1. The number of nitro benzene ring substituents is 1. The van der Waals surface area contributed by atoms with Crippen LogP contribution in [0.1, 0.15) is 15.9 Å². The molecule has 0 fully saturated rings. The van der Waals surface area contributed by atoms with E-state index < -0.39 is 28.5 Å². The number of nitro groups is 1. The molecule has 0 spiro atoms. The summed E-state index contributed by atoms with van der Waals surface area (Å²) in [5.41, 5.74) is 4.43. The molecule has 166 valence electrons. The Bertz CT molecular complexity index is 1200. The van der Waals surface area contributed by atoms with Gasteiger partial charge in [0.2, 0.25) is 11.8 Å². The molecule has 2 amide bonds. The van der Waals surface area contributed by atoms with Gasteiger partial charge in [0.15, 0.2) is 5.13 Å². The maximum atomic E-state index is 12.9. The number of thiazole rings is 1. The molecule has 0 saturated carbocycles. The minimum Gasteiger partial charge on any atom is -0.366 e. The zero-order valence-electron chi connectivity index (χ0n) is 15.9. The highest BCUT2D eigenvalue weighted by atomic mass is 32.2. The van der Waals surface area contributed by atoms with E-state index in [1.54, 1.807) is 0 Å². The Morgan fingerprint density at radius 2 is 1.97 bits per heavy atom. The summed E-state index contributed by atoms with van der Waals surface area (Å²) in [4.78, 5) is 38.2. The molecule has 8 nitrogen and oxygen atoms in total. The van der Waals surface area contributed by atoms with E-state index in [1.165, 1.54) is 29.6 Å². The lowest BCUT2D eigenvalue weighted by Gasteiger charge is -2.07. The second-order valence-corrected chi connectivity index (χ2v) is 8.13. The van der Waals surface area contributed by atoms with Crippen molar-refractivity contribution in [3.8, 4) is 11.3 Å². The SMILES string of the molecule is NC(=O)c1ccc(SCC(=O)Nc2nc(-c3cccc(C(F)(F)F)c3)cs2)c([N+](=O)[O-])c1. The number of amides is 2. The Morgan fingerprint density at radius 1 is 1.22 bits per heavy atom. The van der Waals surface area contributed by atoms with E-state index in [0.29, 0.717) is 0 Å². The second-order valence-electron chi connectivity index (χ2n) is 6.26. The molecule has 1 aromatic heterocycles. The smallest absolute Gasteiger partial charge is 0.366 e. The van der Waals surface area contributed by atoms with Crippen molar-refractivity contribution < 1.29 is 27.7 Å². The van der Waals surface area contributed by atoms with Crippen LogP contribution in [0, 0.1) is 10.1 Å². The number of nitrogens with one attached hydrogen (secondary N) is 1. The van der Waals surface area contributed by atoms with Crippen molar-refractivity contribution in [3.63, 3.8) is 0 Å². The summed E-state index contributed by atoms with van der Waals surface area (Å²) in [7, 11) is 0. The number of nitrogens with two attached hydrogens (primary N) is 1. The number of primary amides is 1. The fraction of sp³-hybridized carbons (Fsp3) is 0.105.